The molecule has 3 aromatic rings. The van der Waals surface area contributed by atoms with Crippen LogP contribution in [0.4, 0.5) is 37.8 Å². The normalized spacial score (nSPS) is 22.2. The molecule has 2 N–H and O–H groups in total. The van der Waals surface area contributed by atoms with Crippen LogP contribution in [0.1, 0.15) is 82.8 Å². The molecule has 0 bridgehead atoms. The lowest BCUT2D eigenvalue weighted by Crippen LogP contribution is -2.43. The Hall–Kier alpha value is -4.82. The van der Waals surface area contributed by atoms with Crippen LogP contribution in [-0.4, -0.2) is 81.3 Å². The molecule has 4 aliphatic heterocycles. The van der Waals surface area contributed by atoms with Gasteiger partial charge < -0.3 is 25.0 Å². The van der Waals surface area contributed by atoms with Gasteiger partial charge in [0.15, 0.2) is 17.3 Å². The third kappa shape index (κ3) is 6.56. The fourth-order valence-corrected chi connectivity index (χ4v) is 7.95. The van der Waals surface area contributed by atoms with Crippen LogP contribution in [0.3, 0.4) is 0 Å². The number of hydrogen-bond acceptors (Lipinski definition) is 9. The Labute approximate surface area is 301 Å². The van der Waals surface area contributed by atoms with E-state index in [0.29, 0.717) is 49.9 Å². The fraction of sp³-hybridized carbons (Fsp3) is 0.500. The lowest BCUT2D eigenvalue weighted by Gasteiger charge is -2.33. The van der Waals surface area contributed by atoms with Gasteiger partial charge in [-0.3, -0.25) is 14.4 Å². The Morgan fingerprint density at radius 3 is 2.68 bits per heavy atom. The Kier molecular flexibility index (Phi) is 9.56. The smallest absolute Gasteiger partial charge is 0.418 e. The summed E-state index contributed by atoms with van der Waals surface area (Å²) in [4.78, 5) is 27.2. The zero-order valence-corrected chi connectivity index (χ0v) is 29.4. The fourth-order valence-electron chi connectivity index (χ4n) is 7.95. The molecule has 1 amide bonds. The molecule has 2 saturated heterocycles. The summed E-state index contributed by atoms with van der Waals surface area (Å²) in [5.74, 6) is 2.48. The summed E-state index contributed by atoms with van der Waals surface area (Å²) < 4.78 is 103. The third-order valence-electron chi connectivity index (χ3n) is 10.4. The van der Waals surface area contributed by atoms with Gasteiger partial charge in [0, 0.05) is 56.8 Å². The number of aryl methyl sites for hydroxylation is 1. The molecule has 2 atom stereocenters. The highest BCUT2D eigenvalue weighted by molar-refractivity contribution is 5.92. The van der Waals surface area contributed by atoms with Crippen LogP contribution in [-0.2, 0) is 37.0 Å². The van der Waals surface area contributed by atoms with Crippen LogP contribution in [0, 0.1) is 23.5 Å². The van der Waals surface area contributed by atoms with E-state index in [1.54, 1.807) is 4.90 Å². The quantitative estimate of drug-likeness (QED) is 0.204. The first kappa shape index (κ1) is 36.5. The van der Waals surface area contributed by atoms with Crippen molar-refractivity contribution in [2.75, 3.05) is 51.0 Å². The Bertz CT molecular complexity index is 2050. The molecule has 0 unspecified atom stereocenters. The maximum absolute atomic E-state index is 15.8. The number of carbonyl (C=O) groups is 1. The monoisotopic (exact) mass is 744 g/mol. The van der Waals surface area contributed by atoms with E-state index < -0.39 is 57.7 Å². The number of alkyl halides is 3. The summed E-state index contributed by atoms with van der Waals surface area (Å²) in [5.41, 5.74) is 3.45. The molecule has 0 aliphatic carbocycles. The van der Waals surface area contributed by atoms with Gasteiger partial charge in [0.25, 0.3) is 5.91 Å². The Morgan fingerprint density at radius 1 is 1.17 bits per heavy atom. The highest BCUT2D eigenvalue weighted by Crippen LogP contribution is 2.45. The molecule has 282 valence electrons. The number of fused-ring (bicyclic) bond motifs is 3. The van der Waals surface area contributed by atoms with Crippen LogP contribution in [0.2, 0.25) is 0 Å². The van der Waals surface area contributed by atoms with Crippen molar-refractivity contribution in [2.45, 2.75) is 76.5 Å². The topological polar surface area (TPSA) is 115 Å². The molecule has 0 saturated carbocycles. The number of anilines is 2. The first-order chi connectivity index (χ1) is 25.2. The molecule has 0 radical (unpaired) electrons. The molecule has 11 nitrogen and oxygen atoms in total. The average molecular weight is 745 g/mol. The summed E-state index contributed by atoms with van der Waals surface area (Å²) in [6, 6.07) is 0.766. The lowest BCUT2D eigenvalue weighted by atomic mass is 9.91. The van der Waals surface area contributed by atoms with Crippen molar-refractivity contribution in [3.05, 3.63) is 68.9 Å². The van der Waals surface area contributed by atoms with Gasteiger partial charge in [-0.2, -0.15) is 28.2 Å². The van der Waals surface area contributed by atoms with E-state index in [2.05, 4.69) is 26.8 Å². The number of ether oxygens (including phenoxy) is 2. The summed E-state index contributed by atoms with van der Waals surface area (Å²) in [7, 11) is 2.99. The summed E-state index contributed by atoms with van der Waals surface area (Å²) in [5, 5.41) is 4.25. The number of hydrogen-bond donors (Lipinski definition) is 1. The molecule has 2 fully saturated rings. The van der Waals surface area contributed by atoms with E-state index in [1.807, 2.05) is 0 Å². The highest BCUT2D eigenvalue weighted by Gasteiger charge is 2.48. The van der Waals surface area contributed by atoms with Crippen molar-refractivity contribution < 1.29 is 40.6 Å². The van der Waals surface area contributed by atoms with Crippen molar-refractivity contribution in [2.24, 2.45) is 0 Å². The molecule has 53 heavy (non-hydrogen) atoms. The van der Waals surface area contributed by atoms with Gasteiger partial charge in [0.1, 0.15) is 12.4 Å². The molecule has 4 aliphatic rings. The van der Waals surface area contributed by atoms with Gasteiger partial charge in [-0.15, -0.1) is 5.92 Å². The number of nitrogens with two attached hydrogens (primary N) is 1. The van der Waals surface area contributed by atoms with Crippen molar-refractivity contribution in [3.63, 3.8) is 0 Å². The van der Waals surface area contributed by atoms with E-state index in [1.165, 1.54) is 30.6 Å². The van der Waals surface area contributed by atoms with Crippen molar-refractivity contribution in [3.8, 4) is 17.9 Å². The van der Waals surface area contributed by atoms with Crippen LogP contribution in [0.25, 0.3) is 0 Å². The Morgan fingerprint density at radius 2 is 1.96 bits per heavy atom. The number of nitrogen functional groups attached to an aromatic ring is 1. The molecular weight excluding hydrogens is 706 g/mol. The summed E-state index contributed by atoms with van der Waals surface area (Å²) >= 11 is 0. The minimum Gasteiger partial charge on any atom is -0.461 e. The third-order valence-corrected chi connectivity index (χ3v) is 10.4. The van der Waals surface area contributed by atoms with E-state index >= 15 is 8.78 Å². The van der Waals surface area contributed by atoms with Gasteiger partial charge in [-0.25, -0.2) is 13.2 Å². The van der Waals surface area contributed by atoms with Crippen LogP contribution >= 0.6 is 0 Å². The number of nitrogens with zero attached hydrogens (tertiary/aromatic N) is 7. The largest absolute Gasteiger partial charge is 0.461 e. The second-order valence-electron chi connectivity index (χ2n) is 14.0. The first-order valence-corrected chi connectivity index (χ1v) is 17.3. The summed E-state index contributed by atoms with van der Waals surface area (Å²) in [6.07, 6.45) is -3.57. The maximum atomic E-state index is 15.8. The number of benzene rings is 1. The molecule has 0 spiro atoms. The molecule has 17 heteroatoms. The van der Waals surface area contributed by atoms with E-state index in [-0.39, 0.29) is 55.1 Å². The van der Waals surface area contributed by atoms with Gasteiger partial charge in [0.05, 0.1) is 53.8 Å². The van der Waals surface area contributed by atoms with Crippen molar-refractivity contribution in [1.29, 1.82) is 0 Å². The zero-order chi connectivity index (χ0) is 37.8. The minimum absolute atomic E-state index is 0.0602. The number of carbonyl (C=O) groups excluding carboxylic acids is 1. The molecule has 2 aromatic heterocycles. The SMILES string of the molecule is CC#Cc1cc(N)c(F)c([C@@H]2Cc3nc(OC[C@]45CCCN4C/C(=C/F)C5)nc(N4CCCn5nc(C(=O)N(C)C)c(F)c5C4)c3CO2)c1C(F)(F)F. The zero-order valence-electron chi connectivity index (χ0n) is 29.4. The van der Waals surface area contributed by atoms with Gasteiger partial charge in [0.2, 0.25) is 0 Å². The van der Waals surface area contributed by atoms with Crippen molar-refractivity contribution in [1.82, 2.24) is 29.5 Å². The van der Waals surface area contributed by atoms with E-state index in [0.717, 1.165) is 25.5 Å². The second-order valence-corrected chi connectivity index (χ2v) is 14.0. The summed E-state index contributed by atoms with van der Waals surface area (Å²) in [6.45, 7) is 2.99. The van der Waals surface area contributed by atoms with Crippen molar-refractivity contribution >= 4 is 17.4 Å². The predicted molar refractivity (Wildman–Crippen MR) is 180 cm³/mol. The van der Waals surface area contributed by atoms with Gasteiger partial charge in [-0.1, -0.05) is 5.92 Å². The molecule has 6 heterocycles. The van der Waals surface area contributed by atoms with Gasteiger partial charge in [-0.05, 0) is 50.8 Å². The van der Waals surface area contributed by atoms with E-state index in [4.69, 9.17) is 20.2 Å². The number of rotatable bonds is 6. The second kappa shape index (κ2) is 13.9. The van der Waals surface area contributed by atoms with Gasteiger partial charge >= 0.3 is 12.2 Å². The highest BCUT2D eigenvalue weighted by atomic mass is 19.4. The average Bonchev–Trinajstić information content (AvgIpc) is 3.71. The lowest BCUT2D eigenvalue weighted by molar-refractivity contribution is -0.140. The molecule has 1 aromatic carbocycles. The molecule has 7 rings (SSSR count). The van der Waals surface area contributed by atoms with Crippen LogP contribution in [0.15, 0.2) is 18.0 Å². The number of amides is 1. The molecular formula is C36H38F6N8O3. The number of aromatic nitrogens is 4. The van der Waals surface area contributed by atoms with E-state index in [9.17, 15) is 22.4 Å². The number of halogens is 6. The first-order valence-electron chi connectivity index (χ1n) is 17.3. The predicted octanol–water partition coefficient (Wildman–Crippen LogP) is 5.32. The standard InChI is InChI=1S/C36H38F6N8O3/c1-4-7-21-12-23(43)29(38)27(28(21)36(40,41)42)26-13-24-22(18-52-26)32(45-34(44-24)53-19-35-8-5-10-49(35)16-20(14-35)15-37)48-9-6-11-50-25(17-48)30(39)31(46-50)33(51)47(2)3/h12,15,26H,5-6,8-11,13-14,16-19,43H2,1-3H3/b20-15+/t26-,35+/m0/s1. The maximum Gasteiger partial charge on any atom is 0.418 e. The minimum atomic E-state index is -5.00. The van der Waals surface area contributed by atoms with Crippen LogP contribution in [0.5, 0.6) is 6.01 Å². The van der Waals surface area contributed by atoms with Crippen LogP contribution < -0.4 is 15.4 Å². The Balaban J connectivity index is 1.30.